The van der Waals surface area contributed by atoms with E-state index in [1.807, 2.05) is 5.32 Å². The number of hydrogen-bond acceptors (Lipinski definition) is 8. The molecular weight excluding hydrogens is 362 g/mol. The Labute approximate surface area is 151 Å². The van der Waals surface area contributed by atoms with Crippen LogP contribution in [0, 0.1) is 10.1 Å². The van der Waals surface area contributed by atoms with Gasteiger partial charge in [-0.1, -0.05) is 6.07 Å². The maximum absolute atomic E-state index is 11.1. The fourth-order valence-corrected chi connectivity index (χ4v) is 1.83. The summed E-state index contributed by atoms with van der Waals surface area (Å²) >= 11 is 0. The zero-order valence-electron chi connectivity index (χ0n) is 13.6. The Hall–Kier alpha value is -4.22. The fraction of sp³-hybridized carbons (Fsp3) is 0.0667. The van der Waals surface area contributed by atoms with Crippen molar-refractivity contribution in [1.82, 2.24) is 10.3 Å². The van der Waals surface area contributed by atoms with Crippen molar-refractivity contribution in [3.63, 3.8) is 0 Å². The topological polar surface area (TPSA) is 181 Å². The van der Waals surface area contributed by atoms with Crippen LogP contribution >= 0.6 is 0 Å². The van der Waals surface area contributed by atoms with E-state index in [0.717, 1.165) is 17.3 Å². The van der Waals surface area contributed by atoms with Gasteiger partial charge in [-0.3, -0.25) is 20.2 Å². The Balaban J connectivity index is 0.000000223. The Morgan fingerprint density at radius 2 is 2.11 bits per heavy atom. The summed E-state index contributed by atoms with van der Waals surface area (Å²) in [4.78, 5) is 41.8. The van der Waals surface area contributed by atoms with Crippen LogP contribution in [0.5, 0.6) is 0 Å². The molecule has 0 unspecified atom stereocenters. The number of carbonyl (C=O) groups excluding carboxylic acids is 2. The molecule has 4 N–H and O–H groups in total. The number of nitrogens with two attached hydrogens (primary N) is 1. The number of rotatable bonds is 4. The number of nitro groups is 1. The lowest BCUT2D eigenvalue weighted by Gasteiger charge is -2.02. The molecule has 140 valence electrons. The third-order valence-corrected chi connectivity index (χ3v) is 3.02. The van der Waals surface area contributed by atoms with E-state index < -0.39 is 28.7 Å². The number of furan rings is 1. The predicted octanol–water partition coefficient (Wildman–Crippen LogP) is 1.04. The summed E-state index contributed by atoms with van der Waals surface area (Å²) in [6, 6.07) is 8.02. The number of benzene rings is 1. The Morgan fingerprint density at radius 1 is 1.37 bits per heavy atom. The highest BCUT2D eigenvalue weighted by atomic mass is 16.6. The predicted molar refractivity (Wildman–Crippen MR) is 91.0 cm³/mol. The van der Waals surface area contributed by atoms with Crippen LogP contribution in [0.1, 0.15) is 16.1 Å². The van der Waals surface area contributed by atoms with Crippen molar-refractivity contribution in [3.8, 4) is 0 Å². The molecular formula is C15H13N5O7. The first-order chi connectivity index (χ1) is 12.8. The van der Waals surface area contributed by atoms with E-state index in [0.29, 0.717) is 5.69 Å². The summed E-state index contributed by atoms with van der Waals surface area (Å²) < 4.78 is 4.78. The van der Waals surface area contributed by atoms with E-state index in [2.05, 4.69) is 5.10 Å². The molecule has 1 saturated heterocycles. The summed E-state index contributed by atoms with van der Waals surface area (Å²) in [5.74, 6) is -1.72. The lowest BCUT2D eigenvalue weighted by atomic mass is 10.2. The first kappa shape index (κ1) is 19.1. The molecule has 12 nitrogen and oxygen atoms in total. The quantitative estimate of drug-likeness (QED) is 0.233. The number of carbonyl (C=O) groups is 3. The van der Waals surface area contributed by atoms with Gasteiger partial charge in [0.1, 0.15) is 11.5 Å². The minimum Gasteiger partial charge on any atom is -0.478 e. The van der Waals surface area contributed by atoms with Crippen LogP contribution in [-0.2, 0) is 4.79 Å². The molecule has 3 rings (SSSR count). The van der Waals surface area contributed by atoms with Crippen molar-refractivity contribution >= 4 is 35.7 Å². The third kappa shape index (κ3) is 5.38. The van der Waals surface area contributed by atoms with Crippen LogP contribution < -0.4 is 11.1 Å². The molecule has 27 heavy (non-hydrogen) atoms. The maximum Gasteiger partial charge on any atom is 0.433 e. The van der Waals surface area contributed by atoms with Gasteiger partial charge >= 0.3 is 17.9 Å². The number of hydrogen-bond donors (Lipinski definition) is 3. The van der Waals surface area contributed by atoms with Crippen molar-refractivity contribution < 1.29 is 28.8 Å². The third-order valence-electron chi connectivity index (χ3n) is 3.02. The van der Waals surface area contributed by atoms with E-state index in [1.165, 1.54) is 18.2 Å². The smallest absolute Gasteiger partial charge is 0.433 e. The van der Waals surface area contributed by atoms with E-state index >= 15 is 0 Å². The number of carboxylic acids is 1. The second-order valence-electron chi connectivity index (χ2n) is 5.02. The highest BCUT2D eigenvalue weighted by molar-refractivity contribution is 6.02. The minimum atomic E-state index is -0.952. The van der Waals surface area contributed by atoms with E-state index in [1.54, 1.807) is 12.1 Å². The van der Waals surface area contributed by atoms with E-state index in [4.69, 9.17) is 15.3 Å². The molecule has 1 aliphatic rings. The van der Waals surface area contributed by atoms with E-state index in [9.17, 15) is 24.5 Å². The lowest BCUT2D eigenvalue weighted by molar-refractivity contribution is -0.402. The largest absolute Gasteiger partial charge is 0.478 e. The molecule has 0 saturated carbocycles. The number of amides is 3. The van der Waals surface area contributed by atoms with Crippen LogP contribution in [0.4, 0.5) is 16.4 Å². The fourth-order valence-electron chi connectivity index (χ4n) is 1.83. The lowest BCUT2D eigenvalue weighted by Crippen LogP contribution is -2.24. The number of imide groups is 1. The van der Waals surface area contributed by atoms with E-state index in [-0.39, 0.29) is 17.9 Å². The molecule has 1 aliphatic heterocycles. The van der Waals surface area contributed by atoms with Crippen molar-refractivity contribution in [2.45, 2.75) is 0 Å². The van der Waals surface area contributed by atoms with Crippen molar-refractivity contribution in [3.05, 3.63) is 57.8 Å². The first-order valence-corrected chi connectivity index (χ1v) is 7.24. The summed E-state index contributed by atoms with van der Waals surface area (Å²) in [5.41, 5.74) is 6.03. The average molecular weight is 375 g/mol. The maximum atomic E-state index is 11.1. The summed E-state index contributed by atoms with van der Waals surface area (Å²) in [6.45, 7) is -0.182. The van der Waals surface area contributed by atoms with Gasteiger partial charge in [0, 0.05) is 5.69 Å². The van der Waals surface area contributed by atoms with Crippen molar-refractivity contribution in [2.75, 3.05) is 12.3 Å². The van der Waals surface area contributed by atoms with Crippen LogP contribution in [0.15, 0.2) is 45.9 Å². The highest BCUT2D eigenvalue weighted by Crippen LogP contribution is 2.14. The molecule has 2 aromatic rings. The SMILES string of the molecule is Nc1cccc(C(=O)O)c1.O=C1CN(/N=C/c2ccc([N+](=O)[O-])o2)C(=O)N1. The highest BCUT2D eigenvalue weighted by Gasteiger charge is 2.26. The van der Waals surface area contributed by atoms with Gasteiger partial charge < -0.3 is 15.3 Å². The average Bonchev–Trinajstić information content (AvgIpc) is 3.20. The number of anilines is 1. The Bertz CT molecular complexity index is 921. The standard InChI is InChI=1S/C8H6N4O5.C7H7NO2/c13-6-4-11(8(14)10-6)9-3-5-1-2-7(17-5)12(15)16;8-6-3-1-2-5(4-6)7(9)10/h1-3H,4H2,(H,10,13,14);1-4H,8H2,(H,9,10)/b9-3+;. The van der Waals surface area contributed by atoms with Gasteiger partial charge in [0.2, 0.25) is 5.91 Å². The van der Waals surface area contributed by atoms with Crippen LogP contribution in [0.25, 0.3) is 0 Å². The van der Waals surface area contributed by atoms with Gasteiger partial charge in [-0.25, -0.2) is 14.6 Å². The number of nitrogens with one attached hydrogen (secondary N) is 1. The number of hydrazone groups is 1. The Morgan fingerprint density at radius 3 is 2.59 bits per heavy atom. The van der Waals surface area contributed by atoms with Crippen molar-refractivity contribution in [2.24, 2.45) is 5.10 Å². The molecule has 0 atom stereocenters. The second kappa shape index (κ2) is 8.24. The molecule has 1 aromatic heterocycles. The zero-order valence-corrected chi connectivity index (χ0v) is 13.6. The second-order valence-corrected chi connectivity index (χ2v) is 5.02. The zero-order chi connectivity index (χ0) is 20.0. The summed E-state index contributed by atoms with van der Waals surface area (Å²) in [6.07, 6.45) is 1.12. The number of nitrogens with zero attached hydrogens (tertiary/aromatic N) is 3. The van der Waals surface area contributed by atoms with Gasteiger partial charge in [0.15, 0.2) is 5.76 Å². The summed E-state index contributed by atoms with van der Waals surface area (Å²) in [7, 11) is 0. The minimum absolute atomic E-state index is 0.115. The molecule has 3 amide bonds. The normalized spacial score (nSPS) is 13.3. The number of aromatic carboxylic acids is 1. The van der Waals surface area contributed by atoms with Gasteiger partial charge in [-0.2, -0.15) is 5.10 Å². The van der Waals surface area contributed by atoms with Crippen molar-refractivity contribution in [1.29, 1.82) is 0 Å². The van der Waals surface area contributed by atoms with Crippen LogP contribution in [0.3, 0.4) is 0 Å². The molecule has 1 fully saturated rings. The molecule has 2 heterocycles. The van der Waals surface area contributed by atoms with Gasteiger partial charge in [-0.15, -0.1) is 0 Å². The van der Waals surface area contributed by atoms with Crippen LogP contribution in [-0.4, -0.2) is 45.7 Å². The van der Waals surface area contributed by atoms with Gasteiger partial charge in [0.25, 0.3) is 0 Å². The number of carboxylic acid groups (broad SMARTS) is 1. The van der Waals surface area contributed by atoms with Gasteiger partial charge in [-0.05, 0) is 24.3 Å². The Kier molecular flexibility index (Phi) is 5.83. The molecule has 1 aromatic carbocycles. The molecule has 0 radical (unpaired) electrons. The molecule has 0 bridgehead atoms. The number of nitrogen functional groups attached to an aromatic ring is 1. The van der Waals surface area contributed by atoms with Gasteiger partial charge in [0.05, 0.1) is 17.8 Å². The van der Waals surface area contributed by atoms with Crippen LogP contribution in [0.2, 0.25) is 0 Å². The molecule has 12 heteroatoms. The molecule has 0 spiro atoms. The monoisotopic (exact) mass is 375 g/mol. The summed E-state index contributed by atoms with van der Waals surface area (Å²) in [5, 5.41) is 25.3. The first-order valence-electron chi connectivity index (χ1n) is 7.24. The molecule has 0 aliphatic carbocycles. The number of urea groups is 1.